The minimum absolute atomic E-state index is 0.593. The summed E-state index contributed by atoms with van der Waals surface area (Å²) in [6, 6.07) is 0. The van der Waals surface area contributed by atoms with E-state index in [9.17, 15) is 0 Å². The van der Waals surface area contributed by atoms with Crippen molar-refractivity contribution < 1.29 is 4.74 Å². The molecule has 0 saturated heterocycles. The zero-order valence-corrected chi connectivity index (χ0v) is 13.9. The Balaban J connectivity index is 1.55. The summed E-state index contributed by atoms with van der Waals surface area (Å²) in [4.78, 5) is 0. The van der Waals surface area contributed by atoms with Gasteiger partial charge in [-0.05, 0) is 62.7 Å². The van der Waals surface area contributed by atoms with Crippen molar-refractivity contribution >= 4 is 0 Å². The van der Waals surface area contributed by atoms with Gasteiger partial charge in [-0.15, -0.1) is 0 Å². The predicted molar refractivity (Wildman–Crippen MR) is 87.0 cm³/mol. The number of hydrogen-bond acceptors (Lipinski definition) is 1. The van der Waals surface area contributed by atoms with Gasteiger partial charge in [0.05, 0.1) is 6.10 Å². The summed E-state index contributed by atoms with van der Waals surface area (Å²) in [5.74, 6) is 3.08. The Bertz CT molecular complexity index is 234. The Morgan fingerprint density at radius 1 is 0.750 bits per heavy atom. The zero-order valence-electron chi connectivity index (χ0n) is 13.9. The van der Waals surface area contributed by atoms with Crippen LogP contribution in [0.15, 0.2) is 0 Å². The van der Waals surface area contributed by atoms with Crippen molar-refractivity contribution in [3.63, 3.8) is 0 Å². The molecule has 2 saturated carbocycles. The van der Waals surface area contributed by atoms with E-state index in [1.54, 1.807) is 0 Å². The van der Waals surface area contributed by atoms with Crippen LogP contribution < -0.4 is 0 Å². The van der Waals surface area contributed by atoms with Crippen LogP contribution in [0.5, 0.6) is 0 Å². The summed E-state index contributed by atoms with van der Waals surface area (Å²) in [7, 11) is 0. The molecule has 0 amide bonds. The molecule has 0 heterocycles. The molecular formula is C19H36O. The lowest BCUT2D eigenvalue weighted by Gasteiger charge is -2.37. The molecule has 0 radical (unpaired) electrons. The van der Waals surface area contributed by atoms with Gasteiger partial charge in [-0.25, -0.2) is 0 Å². The molecule has 20 heavy (non-hydrogen) atoms. The van der Waals surface area contributed by atoms with Crippen molar-refractivity contribution in [2.45, 2.75) is 97.0 Å². The molecule has 2 fully saturated rings. The van der Waals surface area contributed by atoms with E-state index in [0.29, 0.717) is 6.10 Å². The van der Waals surface area contributed by atoms with Gasteiger partial charge < -0.3 is 4.74 Å². The second kappa shape index (κ2) is 9.07. The van der Waals surface area contributed by atoms with Gasteiger partial charge in [-0.3, -0.25) is 0 Å². The van der Waals surface area contributed by atoms with E-state index in [0.717, 1.165) is 24.4 Å². The molecule has 0 unspecified atom stereocenters. The number of ether oxygens (including phenoxy) is 1. The van der Waals surface area contributed by atoms with E-state index in [4.69, 9.17) is 4.74 Å². The molecule has 2 aliphatic rings. The summed E-state index contributed by atoms with van der Waals surface area (Å²) in [5, 5.41) is 0. The van der Waals surface area contributed by atoms with Gasteiger partial charge >= 0.3 is 0 Å². The highest BCUT2D eigenvalue weighted by atomic mass is 16.5. The maximum absolute atomic E-state index is 6.08. The van der Waals surface area contributed by atoms with E-state index in [1.807, 2.05) is 0 Å². The Morgan fingerprint density at radius 2 is 1.35 bits per heavy atom. The van der Waals surface area contributed by atoms with Gasteiger partial charge in [0.25, 0.3) is 0 Å². The first kappa shape index (κ1) is 16.3. The highest BCUT2D eigenvalue weighted by Gasteiger charge is 2.30. The lowest BCUT2D eigenvalue weighted by Crippen LogP contribution is -2.28. The molecule has 0 N–H and O–H groups in total. The summed E-state index contributed by atoms with van der Waals surface area (Å²) in [6.45, 7) is 5.71. The third-order valence-electron chi connectivity index (χ3n) is 5.80. The average Bonchev–Trinajstić information content (AvgIpc) is 2.49. The molecule has 0 aromatic heterocycles. The second-order valence-electron chi connectivity index (χ2n) is 7.49. The number of hydrogen-bond donors (Lipinski definition) is 0. The summed E-state index contributed by atoms with van der Waals surface area (Å²) >= 11 is 0. The van der Waals surface area contributed by atoms with Crippen LogP contribution in [-0.4, -0.2) is 12.7 Å². The van der Waals surface area contributed by atoms with Crippen molar-refractivity contribution in [1.29, 1.82) is 0 Å². The van der Waals surface area contributed by atoms with Crippen molar-refractivity contribution in [3.05, 3.63) is 0 Å². The largest absolute Gasteiger partial charge is 0.378 e. The summed E-state index contributed by atoms with van der Waals surface area (Å²) in [6.07, 6.45) is 17.5. The normalized spacial score (nSPS) is 35.1. The van der Waals surface area contributed by atoms with E-state index in [-0.39, 0.29) is 0 Å². The molecule has 0 aliphatic heterocycles. The van der Waals surface area contributed by atoms with Crippen molar-refractivity contribution in [1.82, 2.24) is 0 Å². The molecule has 0 atom stereocenters. The first-order chi connectivity index (χ1) is 9.79. The van der Waals surface area contributed by atoms with E-state index < -0.39 is 0 Å². The first-order valence-electron chi connectivity index (χ1n) is 9.41. The van der Waals surface area contributed by atoms with Crippen LogP contribution >= 0.6 is 0 Å². The van der Waals surface area contributed by atoms with Crippen LogP contribution in [0, 0.1) is 17.8 Å². The van der Waals surface area contributed by atoms with Crippen molar-refractivity contribution in [2.24, 2.45) is 17.8 Å². The van der Waals surface area contributed by atoms with Gasteiger partial charge in [-0.2, -0.15) is 0 Å². The molecule has 0 spiro atoms. The smallest absolute Gasteiger partial charge is 0.0575 e. The van der Waals surface area contributed by atoms with Gasteiger partial charge in [0, 0.05) is 6.61 Å². The third kappa shape index (κ3) is 5.39. The molecule has 1 nitrogen and oxygen atoms in total. The molecule has 1 heteroatoms. The molecule has 2 aliphatic carbocycles. The fourth-order valence-corrected chi connectivity index (χ4v) is 4.26. The van der Waals surface area contributed by atoms with Crippen molar-refractivity contribution in [3.8, 4) is 0 Å². The number of rotatable bonds is 7. The monoisotopic (exact) mass is 280 g/mol. The van der Waals surface area contributed by atoms with Crippen LogP contribution in [0.2, 0.25) is 0 Å². The summed E-state index contributed by atoms with van der Waals surface area (Å²) < 4.78 is 6.08. The highest BCUT2D eigenvalue weighted by Crippen LogP contribution is 2.40. The van der Waals surface area contributed by atoms with Gasteiger partial charge in [0.15, 0.2) is 0 Å². The molecule has 0 bridgehead atoms. The first-order valence-corrected chi connectivity index (χ1v) is 9.41. The zero-order chi connectivity index (χ0) is 14.2. The Labute approximate surface area is 126 Å². The topological polar surface area (TPSA) is 9.23 Å². The van der Waals surface area contributed by atoms with E-state index in [1.165, 1.54) is 77.0 Å². The van der Waals surface area contributed by atoms with Gasteiger partial charge in [-0.1, -0.05) is 46.0 Å². The van der Waals surface area contributed by atoms with Crippen LogP contribution in [0.3, 0.4) is 0 Å². The van der Waals surface area contributed by atoms with Crippen LogP contribution in [0.1, 0.15) is 90.9 Å². The highest BCUT2D eigenvalue weighted by molar-refractivity contribution is 4.81. The minimum Gasteiger partial charge on any atom is -0.378 e. The van der Waals surface area contributed by atoms with Crippen LogP contribution in [-0.2, 0) is 4.74 Å². The fraction of sp³-hybridized carbons (Fsp3) is 1.00. The second-order valence-corrected chi connectivity index (χ2v) is 7.49. The molecule has 0 aromatic carbocycles. The lowest BCUT2D eigenvalue weighted by atomic mass is 9.71. The quantitative estimate of drug-likeness (QED) is 0.522. The molecule has 2 rings (SSSR count). The minimum atomic E-state index is 0.593. The van der Waals surface area contributed by atoms with E-state index >= 15 is 0 Å². The third-order valence-corrected chi connectivity index (χ3v) is 5.80. The van der Waals surface area contributed by atoms with Gasteiger partial charge in [0.1, 0.15) is 0 Å². The maximum atomic E-state index is 6.08. The maximum Gasteiger partial charge on any atom is 0.0575 e. The SMILES string of the molecule is CCCCCCO[C@H]1CC[C@H]([C@H]2CC[C@H](C)CC2)CC1. The molecular weight excluding hydrogens is 244 g/mol. The average molecular weight is 280 g/mol. The van der Waals surface area contributed by atoms with Gasteiger partial charge in [0.2, 0.25) is 0 Å². The predicted octanol–water partition coefficient (Wildman–Crippen LogP) is 5.97. The van der Waals surface area contributed by atoms with Crippen LogP contribution in [0.4, 0.5) is 0 Å². The Morgan fingerprint density at radius 3 is 1.95 bits per heavy atom. The fourth-order valence-electron chi connectivity index (χ4n) is 4.26. The number of unbranched alkanes of at least 4 members (excludes halogenated alkanes) is 3. The van der Waals surface area contributed by atoms with Crippen molar-refractivity contribution in [2.75, 3.05) is 6.61 Å². The molecule has 0 aromatic rings. The summed E-state index contributed by atoms with van der Waals surface area (Å²) in [5.41, 5.74) is 0. The van der Waals surface area contributed by atoms with E-state index in [2.05, 4.69) is 13.8 Å². The van der Waals surface area contributed by atoms with Crippen LogP contribution in [0.25, 0.3) is 0 Å². The molecule has 118 valence electrons. The standard InChI is InChI=1S/C19H36O/c1-3-4-5-6-15-20-19-13-11-18(12-14-19)17-9-7-16(2)8-10-17/h16-19H,3-15H2,1-2H3/t16-,17-,18-,19-. The Kier molecular flexibility index (Phi) is 7.41. The Hall–Kier alpha value is -0.0400. The lowest BCUT2D eigenvalue weighted by molar-refractivity contribution is 0.00566.